The number of piperazine rings is 1. The molecule has 1 saturated heterocycles. The molecule has 7 nitrogen and oxygen atoms in total. The van der Waals surface area contributed by atoms with Gasteiger partial charge >= 0.3 is 0 Å². The van der Waals surface area contributed by atoms with Crippen molar-refractivity contribution >= 4 is 17.7 Å². The first-order valence-corrected chi connectivity index (χ1v) is 12.7. The summed E-state index contributed by atoms with van der Waals surface area (Å²) in [5, 5.41) is 4.85. The smallest absolute Gasteiger partial charge is 0.246 e. The number of aromatic nitrogens is 2. The lowest BCUT2D eigenvalue weighted by molar-refractivity contribution is -0.126. The summed E-state index contributed by atoms with van der Waals surface area (Å²) in [4.78, 5) is 17.1. The first kappa shape index (κ1) is 23.8. The Hall–Kier alpha value is -4.59. The summed E-state index contributed by atoms with van der Waals surface area (Å²) in [5.74, 6) is 1.10. The Labute approximate surface area is 220 Å². The zero-order chi connectivity index (χ0) is 25.9. The Kier molecular flexibility index (Phi) is 6.52. The molecule has 4 aromatic rings. The molecule has 1 amide bonds. The Balaban J connectivity index is 1.22. The van der Waals surface area contributed by atoms with Crippen molar-refractivity contribution in [3.8, 4) is 28.4 Å². The van der Waals surface area contributed by atoms with Gasteiger partial charge in [-0.1, -0.05) is 18.2 Å². The highest BCUT2D eigenvalue weighted by Gasteiger charge is 2.21. The normalized spacial score (nSPS) is 15.2. The highest BCUT2D eigenvalue weighted by atomic mass is 19.1. The van der Waals surface area contributed by atoms with Crippen molar-refractivity contribution < 1.29 is 18.7 Å². The van der Waals surface area contributed by atoms with Crippen molar-refractivity contribution in [3.05, 3.63) is 96.4 Å². The largest absolute Gasteiger partial charge is 0.486 e. The molecule has 6 rings (SSSR count). The molecule has 0 atom stereocenters. The van der Waals surface area contributed by atoms with E-state index in [2.05, 4.69) is 4.90 Å². The van der Waals surface area contributed by atoms with Crippen LogP contribution >= 0.6 is 0 Å². The van der Waals surface area contributed by atoms with E-state index in [-0.39, 0.29) is 11.7 Å². The van der Waals surface area contributed by atoms with Gasteiger partial charge in [0.15, 0.2) is 11.5 Å². The predicted molar refractivity (Wildman–Crippen MR) is 144 cm³/mol. The molecule has 0 radical (unpaired) electrons. The molecule has 192 valence electrons. The minimum atomic E-state index is -0.251. The van der Waals surface area contributed by atoms with Gasteiger partial charge in [0.2, 0.25) is 5.91 Å². The molecule has 1 aromatic heterocycles. The molecule has 0 bridgehead atoms. The maximum absolute atomic E-state index is 13.3. The molecule has 0 unspecified atom stereocenters. The van der Waals surface area contributed by atoms with Crippen molar-refractivity contribution in [1.82, 2.24) is 14.7 Å². The maximum atomic E-state index is 13.3. The van der Waals surface area contributed by atoms with Crippen molar-refractivity contribution in [1.29, 1.82) is 0 Å². The van der Waals surface area contributed by atoms with Gasteiger partial charge in [-0.3, -0.25) is 4.79 Å². The monoisotopic (exact) mass is 510 g/mol. The molecule has 0 saturated carbocycles. The fraction of sp³-hybridized carbons (Fsp3) is 0.200. The van der Waals surface area contributed by atoms with Crippen LogP contribution in [0, 0.1) is 5.82 Å². The van der Waals surface area contributed by atoms with Gasteiger partial charge in [0.1, 0.15) is 24.7 Å². The molecule has 2 aliphatic rings. The number of anilines is 1. The maximum Gasteiger partial charge on any atom is 0.246 e. The lowest BCUT2D eigenvalue weighted by atomic mass is 10.1. The van der Waals surface area contributed by atoms with E-state index >= 15 is 0 Å². The summed E-state index contributed by atoms with van der Waals surface area (Å²) in [5.41, 5.74) is 4.34. The van der Waals surface area contributed by atoms with Crippen molar-refractivity contribution in [2.45, 2.75) is 0 Å². The van der Waals surface area contributed by atoms with Crippen LogP contribution in [0.5, 0.6) is 11.5 Å². The second kappa shape index (κ2) is 10.4. The van der Waals surface area contributed by atoms with Crippen LogP contribution < -0.4 is 14.4 Å². The van der Waals surface area contributed by atoms with Crippen molar-refractivity contribution in [2.75, 3.05) is 44.3 Å². The van der Waals surface area contributed by atoms with E-state index in [1.54, 1.807) is 18.2 Å². The zero-order valence-electron chi connectivity index (χ0n) is 20.8. The summed E-state index contributed by atoms with van der Waals surface area (Å²) in [7, 11) is 0. The average molecular weight is 511 g/mol. The van der Waals surface area contributed by atoms with Gasteiger partial charge in [0, 0.05) is 55.3 Å². The van der Waals surface area contributed by atoms with Crippen molar-refractivity contribution in [2.24, 2.45) is 0 Å². The minimum Gasteiger partial charge on any atom is -0.486 e. The lowest BCUT2D eigenvalue weighted by Gasteiger charge is -2.35. The van der Waals surface area contributed by atoms with Crippen LogP contribution in [0.3, 0.4) is 0 Å². The Morgan fingerprint density at radius 2 is 1.58 bits per heavy atom. The van der Waals surface area contributed by atoms with Crippen LogP contribution in [-0.4, -0.2) is 60.0 Å². The molecule has 8 heteroatoms. The molecule has 3 aromatic carbocycles. The van der Waals surface area contributed by atoms with Crippen LogP contribution in [0.15, 0.2) is 85.1 Å². The third-order valence-corrected chi connectivity index (χ3v) is 6.77. The molecule has 0 N–H and O–H groups in total. The second-order valence-corrected chi connectivity index (χ2v) is 9.19. The third-order valence-electron chi connectivity index (χ3n) is 6.77. The molecular weight excluding hydrogens is 483 g/mol. The number of para-hydroxylation sites is 1. The highest BCUT2D eigenvalue weighted by Crippen LogP contribution is 2.35. The molecule has 0 spiro atoms. The molecule has 2 aliphatic heterocycles. The van der Waals surface area contributed by atoms with Crippen LogP contribution in [-0.2, 0) is 4.79 Å². The number of carbonyl (C=O) groups excluding carboxylic acids is 1. The topological polar surface area (TPSA) is 59.8 Å². The minimum absolute atomic E-state index is 0.0515. The quantitative estimate of drug-likeness (QED) is 0.361. The summed E-state index contributed by atoms with van der Waals surface area (Å²) < 4.78 is 26.5. The Morgan fingerprint density at radius 1 is 0.842 bits per heavy atom. The predicted octanol–water partition coefficient (Wildman–Crippen LogP) is 4.81. The number of hydrogen-bond acceptors (Lipinski definition) is 5. The Morgan fingerprint density at radius 3 is 2.34 bits per heavy atom. The van der Waals surface area contributed by atoms with Gasteiger partial charge in [0.05, 0.1) is 5.69 Å². The van der Waals surface area contributed by atoms with Crippen LogP contribution in [0.4, 0.5) is 10.1 Å². The highest BCUT2D eigenvalue weighted by molar-refractivity contribution is 5.93. The molecular formula is C30H27FN4O3. The van der Waals surface area contributed by atoms with E-state index in [4.69, 9.17) is 14.6 Å². The van der Waals surface area contributed by atoms with Crippen molar-refractivity contribution in [3.63, 3.8) is 0 Å². The van der Waals surface area contributed by atoms with Gasteiger partial charge in [-0.05, 0) is 60.7 Å². The van der Waals surface area contributed by atoms with Crippen LogP contribution in [0.1, 0.15) is 5.56 Å². The van der Waals surface area contributed by atoms with E-state index in [1.807, 2.05) is 70.4 Å². The molecule has 3 heterocycles. The van der Waals surface area contributed by atoms with Gasteiger partial charge in [0.25, 0.3) is 0 Å². The lowest BCUT2D eigenvalue weighted by Crippen LogP contribution is -2.48. The van der Waals surface area contributed by atoms with E-state index in [9.17, 15) is 9.18 Å². The third kappa shape index (κ3) is 4.98. The van der Waals surface area contributed by atoms with Gasteiger partial charge in [-0.15, -0.1) is 0 Å². The molecule has 0 aliphatic carbocycles. The van der Waals surface area contributed by atoms with E-state index in [1.165, 1.54) is 12.1 Å². The molecule has 38 heavy (non-hydrogen) atoms. The van der Waals surface area contributed by atoms with E-state index in [0.29, 0.717) is 45.1 Å². The number of rotatable bonds is 5. The SMILES string of the molecule is O=C(/C=C/c1cn(-c2ccccc2)nc1-c1ccc2c(c1)OCCO2)N1CCN(c2ccc(F)cc2)CC1. The van der Waals surface area contributed by atoms with E-state index in [0.717, 1.165) is 33.9 Å². The summed E-state index contributed by atoms with van der Waals surface area (Å²) in [6.07, 6.45) is 5.37. The summed E-state index contributed by atoms with van der Waals surface area (Å²) in [6.45, 7) is 3.62. The standard InChI is InChI=1S/C30H27FN4O3/c31-24-8-10-25(11-9-24)33-14-16-34(17-15-33)29(36)13-7-23-21-35(26-4-2-1-3-5-26)32-30(23)22-6-12-27-28(20-22)38-19-18-37-27/h1-13,20-21H,14-19H2/b13-7+. The fourth-order valence-corrected chi connectivity index (χ4v) is 4.74. The first-order valence-electron chi connectivity index (χ1n) is 12.7. The van der Waals surface area contributed by atoms with Gasteiger partial charge in [-0.2, -0.15) is 5.10 Å². The van der Waals surface area contributed by atoms with Crippen LogP contribution in [0.25, 0.3) is 23.0 Å². The van der Waals surface area contributed by atoms with Gasteiger partial charge in [-0.25, -0.2) is 9.07 Å². The Bertz CT molecular complexity index is 1460. The zero-order valence-corrected chi connectivity index (χ0v) is 20.8. The van der Waals surface area contributed by atoms with E-state index < -0.39 is 0 Å². The number of nitrogens with zero attached hydrogens (tertiary/aromatic N) is 4. The second-order valence-electron chi connectivity index (χ2n) is 9.19. The number of ether oxygens (including phenoxy) is 2. The number of halogens is 1. The molecule has 1 fully saturated rings. The first-order chi connectivity index (χ1) is 18.6. The fourth-order valence-electron chi connectivity index (χ4n) is 4.74. The van der Waals surface area contributed by atoms with Gasteiger partial charge < -0.3 is 19.3 Å². The number of fused-ring (bicyclic) bond motifs is 1. The number of carbonyl (C=O) groups is 1. The number of amides is 1. The number of benzene rings is 3. The summed E-state index contributed by atoms with van der Waals surface area (Å²) in [6, 6.07) is 22.1. The average Bonchev–Trinajstić information content (AvgIpc) is 3.41. The van der Waals surface area contributed by atoms with Crippen LogP contribution in [0.2, 0.25) is 0 Å². The summed E-state index contributed by atoms with van der Waals surface area (Å²) >= 11 is 0. The number of hydrogen-bond donors (Lipinski definition) is 0.